The van der Waals surface area contributed by atoms with Crippen LogP contribution in [0, 0.1) is 0 Å². The number of nitrogens with two attached hydrogens (primary N) is 1. The van der Waals surface area contributed by atoms with Crippen LogP contribution in [-0.4, -0.2) is 51.3 Å². The van der Waals surface area contributed by atoms with E-state index in [1.807, 2.05) is 0 Å². The van der Waals surface area contributed by atoms with Crippen molar-refractivity contribution in [2.45, 2.75) is 129 Å². The lowest BCUT2D eigenvalue weighted by atomic mass is 10.3. The van der Waals surface area contributed by atoms with Crippen molar-refractivity contribution in [2.24, 2.45) is 5.73 Å². The second-order valence-corrected chi connectivity index (χ2v) is 46.6. The van der Waals surface area contributed by atoms with E-state index in [1.54, 1.807) is 10.8 Å². The number of rotatable bonds is 16. The first-order chi connectivity index (χ1) is 17.0. The molecule has 0 aliphatic rings. The molecule has 1 aromatic heterocycles. The zero-order chi connectivity index (χ0) is 27.8. The molecule has 1 heterocycles. The summed E-state index contributed by atoms with van der Waals surface area (Å²) in [6, 6.07) is 11.2. The third-order valence-corrected chi connectivity index (χ3v) is 80.0. The highest BCUT2D eigenvalue weighted by molar-refractivity contribution is 7.88. The average Bonchev–Trinajstić information content (AvgIpc) is 2.90. The van der Waals surface area contributed by atoms with Gasteiger partial charge in [0, 0.05) is 25.0 Å². The number of carbonyl (C=O) groups excluding carboxylic acids is 1. The third-order valence-electron chi connectivity index (χ3n) is 10.3. The van der Waals surface area contributed by atoms with E-state index in [0.29, 0.717) is 0 Å². The summed E-state index contributed by atoms with van der Waals surface area (Å²) in [7, 11) is -5.81. The number of carbonyl (C=O) groups is 1. The second-order valence-electron chi connectivity index (χ2n) is 10.6. The molecule has 0 saturated heterocycles. The highest BCUT2D eigenvalue weighted by Gasteiger charge is 2.74. The first-order valence-electron chi connectivity index (χ1n) is 14.4. The Morgan fingerprint density at radius 2 is 1.19 bits per heavy atom. The molecule has 0 saturated carbocycles. The topological polar surface area (TPSA) is 94.5 Å². The summed E-state index contributed by atoms with van der Waals surface area (Å²) < 4.78 is 8.99. The zero-order valence-corrected chi connectivity index (χ0v) is 28.6. The largest absolute Gasteiger partial charge is 0.526 e. The summed E-state index contributed by atoms with van der Waals surface area (Å²) >= 11 is 0. The Morgan fingerprint density at radius 1 is 0.833 bits per heavy atom. The molecule has 1 atom stereocenters. The molecule has 0 spiro atoms. The molecule has 1 aromatic rings. The van der Waals surface area contributed by atoms with Crippen molar-refractivity contribution >= 4 is 35.6 Å². The zero-order valence-electron chi connectivity index (χ0n) is 24.6. The van der Waals surface area contributed by atoms with E-state index < -0.39 is 41.1 Å². The van der Waals surface area contributed by atoms with E-state index in [1.165, 1.54) is 66.7 Å². The van der Waals surface area contributed by atoms with Gasteiger partial charge in [0.2, 0.25) is 12.3 Å². The van der Waals surface area contributed by atoms with Gasteiger partial charge >= 0.3 is 5.97 Å². The maximum absolute atomic E-state index is 14.1. The van der Waals surface area contributed by atoms with Gasteiger partial charge in [-0.05, 0) is 0 Å². The van der Waals surface area contributed by atoms with Crippen LogP contribution in [-0.2, 0) is 15.8 Å². The van der Waals surface area contributed by atoms with Gasteiger partial charge in [0.05, 0.1) is 22.8 Å². The third kappa shape index (κ3) is 5.43. The minimum atomic E-state index is -2.52. The summed E-state index contributed by atoms with van der Waals surface area (Å²) in [6.07, 6.45) is 2.94. The van der Waals surface area contributed by atoms with E-state index in [9.17, 15) is 14.7 Å². The molecule has 0 fully saturated rings. The molecule has 6 nitrogen and oxygen atoms in total. The fourth-order valence-corrected chi connectivity index (χ4v) is 107. The molecule has 0 radical (unpaired) electrons. The van der Waals surface area contributed by atoms with Gasteiger partial charge in [-0.15, -0.1) is 0 Å². The summed E-state index contributed by atoms with van der Waals surface area (Å²) in [5, 5.41) is 9.88. The van der Waals surface area contributed by atoms with Crippen LogP contribution < -0.4 is 11.2 Å². The number of pyridine rings is 1. The minimum absolute atomic E-state index is 0.188. The van der Waals surface area contributed by atoms with E-state index in [2.05, 4.69) is 62.3 Å². The highest BCUT2D eigenvalue weighted by atomic mass is 29.9. The van der Waals surface area contributed by atoms with E-state index in [-0.39, 0.29) is 18.3 Å². The number of aromatic hydroxyl groups is 1. The first-order valence-corrected chi connectivity index (χ1v) is 27.1. The maximum Gasteiger partial charge on any atom is 0.310 e. The lowest BCUT2D eigenvalue weighted by Crippen LogP contribution is -2.90. The molecule has 0 aromatic carbocycles. The van der Waals surface area contributed by atoms with Gasteiger partial charge in [0.1, 0.15) is 6.04 Å². The van der Waals surface area contributed by atoms with Gasteiger partial charge in [0.25, 0.3) is 0 Å². The molecule has 0 bridgehead atoms. The van der Waals surface area contributed by atoms with Crippen LogP contribution in [0.5, 0.6) is 5.75 Å². The summed E-state index contributed by atoms with van der Waals surface area (Å²) in [6.45, 7) is 19.2. The quantitative estimate of drug-likeness (QED) is 0.233. The van der Waals surface area contributed by atoms with Crippen molar-refractivity contribution in [2.75, 3.05) is 0 Å². The van der Waals surface area contributed by atoms with Crippen molar-refractivity contribution in [3.8, 4) is 5.75 Å². The Morgan fingerprint density at radius 3 is 1.50 bits per heavy atom. The molecular weight excluding hydrogens is 517 g/mol. The molecule has 10 heteroatoms. The Balaban J connectivity index is 3.90. The van der Waals surface area contributed by atoms with Crippen molar-refractivity contribution < 1.29 is 14.3 Å². The predicted molar refractivity (Wildman–Crippen MR) is 164 cm³/mol. The van der Waals surface area contributed by atoms with Crippen LogP contribution in [0.3, 0.4) is 0 Å². The van der Waals surface area contributed by atoms with E-state index >= 15 is 0 Å². The monoisotopic (exact) mass is 570 g/mol. The van der Waals surface area contributed by atoms with Crippen LogP contribution in [0.1, 0.15) is 62.3 Å². The average molecular weight is 571 g/mol. The smallest absolute Gasteiger partial charge is 0.310 e. The number of hydrogen-bond donors (Lipinski definition) is 2. The lowest BCUT2D eigenvalue weighted by molar-refractivity contribution is -0.136. The van der Waals surface area contributed by atoms with Crippen LogP contribution >= 0.6 is 0 Å². The number of nitrogens with zero attached hydrogens (tertiary/aromatic N) is 1. The Kier molecular flexibility index (Phi) is 12.6. The summed E-state index contributed by atoms with van der Waals surface area (Å²) in [5.74, 6) is -0.577. The van der Waals surface area contributed by atoms with Crippen molar-refractivity contribution in [1.82, 2.24) is 4.57 Å². The van der Waals surface area contributed by atoms with E-state index in [0.717, 1.165) is 0 Å². The molecule has 0 unspecified atom stereocenters. The van der Waals surface area contributed by atoms with Crippen LogP contribution in [0.4, 0.5) is 0 Å². The molecule has 0 amide bonds. The molecule has 208 valence electrons. The van der Waals surface area contributed by atoms with Crippen LogP contribution in [0.15, 0.2) is 23.3 Å². The maximum atomic E-state index is 14.1. The minimum Gasteiger partial charge on any atom is -0.526 e. The van der Waals surface area contributed by atoms with Gasteiger partial charge in [-0.3, -0.25) is 9.59 Å². The molecule has 3 N–H and O–H groups in total. The van der Waals surface area contributed by atoms with Gasteiger partial charge in [0.15, 0.2) is 5.75 Å². The van der Waals surface area contributed by atoms with Gasteiger partial charge in [-0.25, -0.2) is 0 Å². The molecule has 0 aliphatic heterocycles. The molecule has 1 rings (SSSR count). The van der Waals surface area contributed by atoms with E-state index in [4.69, 9.17) is 10.2 Å². The SMILES string of the molecule is CC[Si](CC)(CC)[Si](OC(=O)[C@@H](N)Cn1ccc(=O)c(O)c1)([Si](CC)(CC)CC)[Si](CC)(CC)CC. The summed E-state index contributed by atoms with van der Waals surface area (Å²) in [5.41, 5.74) is 6.12. The van der Waals surface area contributed by atoms with Crippen molar-refractivity contribution in [3.05, 3.63) is 28.7 Å². The lowest BCUT2D eigenvalue weighted by Gasteiger charge is -2.63. The predicted octanol–water partition coefficient (Wildman–Crippen LogP) is 6.13. The normalized spacial score (nSPS) is 14.1. The number of hydrogen-bond acceptors (Lipinski definition) is 5. The molecule has 36 heavy (non-hydrogen) atoms. The van der Waals surface area contributed by atoms with Gasteiger partial charge in [-0.2, -0.15) is 0 Å². The standard InChI is InChI=1S/C26H54N2O4Si4/c1-10-33(11-2,12-3)36(34(13-4,14-5)15-6,35(16-7,17-8)18-9)32-26(31)23(27)21-28-20-19-24(29)25(30)22-28/h19-20,22-23,30H,10-18,21,27H2,1-9H3/t23-/m0/s1. The van der Waals surface area contributed by atoms with Crippen molar-refractivity contribution in [1.29, 1.82) is 0 Å². The Hall–Kier alpha value is -0.952. The Bertz CT molecular complexity index is 821. The first kappa shape index (κ1) is 33.1. The fraction of sp³-hybridized carbons (Fsp3) is 0.769. The second kappa shape index (κ2) is 13.7. The highest BCUT2D eigenvalue weighted by Crippen LogP contribution is 2.51. The summed E-state index contributed by atoms with van der Waals surface area (Å²) in [4.78, 5) is 25.8. The number of aromatic nitrogens is 1. The van der Waals surface area contributed by atoms with Crippen LogP contribution in [0.25, 0.3) is 0 Å². The van der Waals surface area contributed by atoms with Gasteiger partial charge < -0.3 is 19.8 Å². The van der Waals surface area contributed by atoms with Crippen molar-refractivity contribution in [3.63, 3.8) is 0 Å². The van der Waals surface area contributed by atoms with Crippen LogP contribution in [0.2, 0.25) is 54.4 Å². The molecular formula is C26H54N2O4Si4. The fourth-order valence-electron chi connectivity index (χ4n) is 7.66. The van der Waals surface area contributed by atoms with Gasteiger partial charge in [-0.1, -0.05) is 117 Å². The Labute approximate surface area is 223 Å². The molecule has 0 aliphatic carbocycles.